The van der Waals surface area contributed by atoms with Crippen LogP contribution in [0.5, 0.6) is 5.75 Å². The third-order valence-electron chi connectivity index (χ3n) is 2.14. The molecule has 1 aromatic heterocycles. The summed E-state index contributed by atoms with van der Waals surface area (Å²) in [4.78, 5) is 14.0. The first-order valence-corrected chi connectivity index (χ1v) is 4.86. The Hall–Kier alpha value is -1.29. The molecule has 0 aliphatic carbocycles. The third-order valence-corrected chi connectivity index (χ3v) is 2.76. The van der Waals surface area contributed by atoms with Gasteiger partial charge in [0.25, 0.3) is 0 Å². The van der Waals surface area contributed by atoms with Crippen molar-refractivity contribution in [1.82, 2.24) is 4.98 Å². The summed E-state index contributed by atoms with van der Waals surface area (Å²) in [6, 6.07) is 3.63. The minimum Gasteiger partial charge on any atom is -0.496 e. The smallest absolute Gasteiger partial charge is 0.154 e. The molecule has 1 heterocycles. The van der Waals surface area contributed by atoms with Crippen molar-refractivity contribution >= 4 is 33.1 Å². The molecule has 2 aromatic rings. The molecule has 0 saturated carbocycles. The van der Waals surface area contributed by atoms with E-state index >= 15 is 0 Å². The van der Waals surface area contributed by atoms with Crippen molar-refractivity contribution in [2.24, 2.45) is 0 Å². The molecule has 14 heavy (non-hydrogen) atoms. The standard InChI is InChI=1S/C10H8BrNO2/c1-14-9-4-8(11)10-6(2-3-12-10)7(9)5-13/h2-5,12H,1H3. The van der Waals surface area contributed by atoms with E-state index in [4.69, 9.17) is 4.74 Å². The van der Waals surface area contributed by atoms with Crippen molar-refractivity contribution in [3.8, 4) is 5.75 Å². The summed E-state index contributed by atoms with van der Waals surface area (Å²) in [7, 11) is 1.55. The second-order valence-electron chi connectivity index (χ2n) is 2.86. The minimum atomic E-state index is 0.576. The number of aldehydes is 1. The number of ether oxygens (including phenoxy) is 1. The zero-order valence-electron chi connectivity index (χ0n) is 7.50. The first kappa shape index (κ1) is 9.27. The molecule has 0 spiro atoms. The van der Waals surface area contributed by atoms with Crippen molar-refractivity contribution in [3.05, 3.63) is 28.4 Å². The van der Waals surface area contributed by atoms with Gasteiger partial charge in [0, 0.05) is 16.1 Å². The highest BCUT2D eigenvalue weighted by Crippen LogP contribution is 2.32. The number of fused-ring (bicyclic) bond motifs is 1. The molecule has 4 heteroatoms. The second kappa shape index (κ2) is 3.46. The average Bonchev–Trinajstić information content (AvgIpc) is 2.66. The maximum Gasteiger partial charge on any atom is 0.154 e. The highest BCUT2D eigenvalue weighted by molar-refractivity contribution is 9.10. The number of aromatic nitrogens is 1. The van der Waals surface area contributed by atoms with Crippen molar-refractivity contribution in [2.75, 3.05) is 7.11 Å². The number of halogens is 1. The summed E-state index contributed by atoms with van der Waals surface area (Å²) in [6.45, 7) is 0. The van der Waals surface area contributed by atoms with Crippen molar-refractivity contribution < 1.29 is 9.53 Å². The molecule has 0 unspecified atom stereocenters. The van der Waals surface area contributed by atoms with Gasteiger partial charge in [-0.2, -0.15) is 0 Å². The number of methoxy groups -OCH3 is 1. The predicted octanol–water partition coefficient (Wildman–Crippen LogP) is 2.75. The van der Waals surface area contributed by atoms with E-state index in [0.717, 1.165) is 21.7 Å². The Morgan fingerprint density at radius 2 is 2.36 bits per heavy atom. The van der Waals surface area contributed by atoms with E-state index in [0.29, 0.717) is 11.3 Å². The van der Waals surface area contributed by atoms with E-state index in [-0.39, 0.29) is 0 Å². The van der Waals surface area contributed by atoms with Gasteiger partial charge in [-0.15, -0.1) is 0 Å². The minimum absolute atomic E-state index is 0.576. The van der Waals surface area contributed by atoms with Gasteiger partial charge in [-0.05, 0) is 28.1 Å². The van der Waals surface area contributed by atoms with E-state index < -0.39 is 0 Å². The quantitative estimate of drug-likeness (QED) is 0.837. The summed E-state index contributed by atoms with van der Waals surface area (Å²) in [6.07, 6.45) is 2.60. The van der Waals surface area contributed by atoms with Crippen LogP contribution in [0.4, 0.5) is 0 Å². The van der Waals surface area contributed by atoms with Gasteiger partial charge in [0.05, 0.1) is 18.2 Å². The fraction of sp³-hybridized carbons (Fsp3) is 0.100. The van der Waals surface area contributed by atoms with Crippen molar-refractivity contribution in [2.45, 2.75) is 0 Å². The number of hydrogen-bond donors (Lipinski definition) is 1. The van der Waals surface area contributed by atoms with Crippen LogP contribution in [0.2, 0.25) is 0 Å². The Bertz CT molecular complexity index is 490. The summed E-state index contributed by atoms with van der Waals surface area (Å²) >= 11 is 3.40. The second-order valence-corrected chi connectivity index (χ2v) is 3.71. The molecule has 72 valence electrons. The van der Waals surface area contributed by atoms with Gasteiger partial charge < -0.3 is 9.72 Å². The topological polar surface area (TPSA) is 42.1 Å². The summed E-state index contributed by atoms with van der Waals surface area (Å²) in [5, 5.41) is 0.867. The third kappa shape index (κ3) is 1.23. The Balaban J connectivity index is 2.88. The molecule has 0 atom stereocenters. The lowest BCUT2D eigenvalue weighted by Crippen LogP contribution is -1.91. The molecule has 1 aromatic carbocycles. The summed E-state index contributed by atoms with van der Waals surface area (Å²) < 4.78 is 6.01. The van der Waals surface area contributed by atoms with Gasteiger partial charge in [0.15, 0.2) is 6.29 Å². The molecular weight excluding hydrogens is 246 g/mol. The van der Waals surface area contributed by atoms with Gasteiger partial charge in [-0.25, -0.2) is 0 Å². The molecular formula is C10H8BrNO2. The maximum absolute atomic E-state index is 10.9. The molecule has 1 N–H and O–H groups in total. The lowest BCUT2D eigenvalue weighted by Gasteiger charge is -2.05. The largest absolute Gasteiger partial charge is 0.496 e. The van der Waals surface area contributed by atoms with Gasteiger partial charge in [-0.3, -0.25) is 4.79 Å². The SMILES string of the molecule is COc1cc(Br)c2[nH]ccc2c1C=O. The highest BCUT2D eigenvalue weighted by Gasteiger charge is 2.11. The average molecular weight is 254 g/mol. The molecule has 3 nitrogen and oxygen atoms in total. The Labute approximate surface area is 89.2 Å². The van der Waals surface area contributed by atoms with Gasteiger partial charge in [0.1, 0.15) is 5.75 Å². The van der Waals surface area contributed by atoms with Crippen LogP contribution < -0.4 is 4.74 Å². The Kier molecular flexibility index (Phi) is 2.29. The summed E-state index contributed by atoms with van der Waals surface area (Å²) in [5.74, 6) is 0.582. The number of aromatic amines is 1. The fourth-order valence-electron chi connectivity index (χ4n) is 1.48. The predicted molar refractivity (Wildman–Crippen MR) is 57.9 cm³/mol. The fourth-order valence-corrected chi connectivity index (χ4v) is 2.02. The van der Waals surface area contributed by atoms with Crippen LogP contribution in [0, 0.1) is 0 Å². The molecule has 0 radical (unpaired) electrons. The molecule has 0 amide bonds. The van der Waals surface area contributed by atoms with E-state index in [9.17, 15) is 4.79 Å². The number of carbonyl (C=O) groups excluding carboxylic acids is 1. The number of rotatable bonds is 2. The monoisotopic (exact) mass is 253 g/mol. The Morgan fingerprint density at radius 1 is 1.57 bits per heavy atom. The highest BCUT2D eigenvalue weighted by atomic mass is 79.9. The van der Waals surface area contributed by atoms with E-state index in [1.807, 2.05) is 6.07 Å². The van der Waals surface area contributed by atoms with E-state index in [1.165, 1.54) is 0 Å². The van der Waals surface area contributed by atoms with Crippen LogP contribution in [-0.4, -0.2) is 18.4 Å². The van der Waals surface area contributed by atoms with Gasteiger partial charge in [0.2, 0.25) is 0 Å². The molecule has 0 aliphatic rings. The van der Waals surface area contributed by atoms with Crippen LogP contribution >= 0.6 is 15.9 Å². The van der Waals surface area contributed by atoms with Gasteiger partial charge in [-0.1, -0.05) is 0 Å². The molecule has 0 bridgehead atoms. The number of nitrogens with one attached hydrogen (secondary N) is 1. The number of carbonyl (C=O) groups is 1. The normalized spacial score (nSPS) is 10.4. The van der Waals surface area contributed by atoms with Crippen LogP contribution in [0.25, 0.3) is 10.9 Å². The molecule has 0 fully saturated rings. The summed E-state index contributed by atoms with van der Waals surface area (Å²) in [5.41, 5.74) is 1.49. The molecule has 2 rings (SSSR count). The zero-order valence-corrected chi connectivity index (χ0v) is 9.09. The number of H-pyrrole nitrogens is 1. The first-order chi connectivity index (χ1) is 6.77. The number of benzene rings is 1. The van der Waals surface area contributed by atoms with E-state index in [2.05, 4.69) is 20.9 Å². The lowest BCUT2D eigenvalue weighted by molar-refractivity contribution is 0.112. The zero-order chi connectivity index (χ0) is 10.1. The molecule has 0 aliphatic heterocycles. The van der Waals surface area contributed by atoms with Crippen molar-refractivity contribution in [1.29, 1.82) is 0 Å². The van der Waals surface area contributed by atoms with Crippen LogP contribution in [0.1, 0.15) is 10.4 Å². The first-order valence-electron chi connectivity index (χ1n) is 4.06. The van der Waals surface area contributed by atoms with Gasteiger partial charge >= 0.3 is 0 Å². The maximum atomic E-state index is 10.9. The van der Waals surface area contributed by atoms with E-state index in [1.54, 1.807) is 19.4 Å². The van der Waals surface area contributed by atoms with Crippen LogP contribution in [0.3, 0.4) is 0 Å². The van der Waals surface area contributed by atoms with Crippen molar-refractivity contribution in [3.63, 3.8) is 0 Å². The number of hydrogen-bond acceptors (Lipinski definition) is 2. The van der Waals surface area contributed by atoms with Crippen LogP contribution in [-0.2, 0) is 0 Å². The molecule has 0 saturated heterocycles. The lowest BCUT2D eigenvalue weighted by atomic mass is 10.1. The van der Waals surface area contributed by atoms with Crippen LogP contribution in [0.15, 0.2) is 22.8 Å². The Morgan fingerprint density at radius 3 is 3.00 bits per heavy atom.